The van der Waals surface area contributed by atoms with E-state index in [9.17, 15) is 27.6 Å². The van der Waals surface area contributed by atoms with E-state index in [4.69, 9.17) is 9.47 Å². The lowest BCUT2D eigenvalue weighted by Gasteiger charge is -2.41. The first-order valence-corrected chi connectivity index (χ1v) is 22.2. The van der Waals surface area contributed by atoms with Crippen molar-refractivity contribution in [1.29, 1.82) is 0 Å². The van der Waals surface area contributed by atoms with E-state index in [2.05, 4.69) is 25.3 Å². The van der Waals surface area contributed by atoms with Crippen LogP contribution in [0.3, 0.4) is 0 Å². The summed E-state index contributed by atoms with van der Waals surface area (Å²) in [6.07, 6.45) is 7.15. The molecule has 8 rings (SSSR count). The molecule has 3 aliphatic heterocycles. The van der Waals surface area contributed by atoms with Crippen molar-refractivity contribution in [2.75, 3.05) is 19.7 Å². The van der Waals surface area contributed by atoms with E-state index in [0.29, 0.717) is 50.5 Å². The summed E-state index contributed by atoms with van der Waals surface area (Å²) in [4.78, 5) is 66.2. The van der Waals surface area contributed by atoms with E-state index in [-0.39, 0.29) is 49.4 Å². The number of halogens is 2. The summed E-state index contributed by atoms with van der Waals surface area (Å²) in [5, 5.41) is 5.02. The van der Waals surface area contributed by atoms with Crippen LogP contribution in [-0.2, 0) is 35.1 Å². The zero-order valence-corrected chi connectivity index (χ0v) is 32.9. The summed E-state index contributed by atoms with van der Waals surface area (Å²) in [6.45, 7) is -0.316. The predicted octanol–water partition coefficient (Wildman–Crippen LogP) is 4.99. The SMILES string of the molecule is O=C1N[C@H]2CCCCCCC[C@@H]3C[C@@]3(C(=O)NS(=O)(=O)C3CC3)NC(=O)C3CN(C[C@@H]3Oc3nc4ccccc4nc3C(F)(F)CCCCC3(CCC3)CO1)C2=O. The van der Waals surface area contributed by atoms with Gasteiger partial charge in [-0.05, 0) is 75.8 Å². The lowest BCUT2D eigenvalue weighted by molar-refractivity contribution is -0.134. The van der Waals surface area contributed by atoms with E-state index in [1.54, 1.807) is 24.3 Å². The van der Waals surface area contributed by atoms with E-state index < -0.39 is 86.6 Å². The van der Waals surface area contributed by atoms with Gasteiger partial charge in [0.2, 0.25) is 27.7 Å². The van der Waals surface area contributed by atoms with Crippen molar-refractivity contribution >= 4 is 44.9 Å². The number of nitrogens with zero attached hydrogens (tertiary/aromatic N) is 3. The number of hydrogen-bond acceptors (Lipinski definition) is 10. The number of sulfonamides is 1. The zero-order chi connectivity index (χ0) is 40.0. The average molecular weight is 815 g/mol. The molecule has 4 amide bonds. The second-order valence-electron chi connectivity index (χ2n) is 17.3. The Labute approximate surface area is 331 Å². The molecule has 3 N–H and O–H groups in total. The number of cyclic esters (lactones) is 1. The summed E-state index contributed by atoms with van der Waals surface area (Å²) in [6, 6.07) is 5.59. The minimum atomic E-state index is -3.93. The van der Waals surface area contributed by atoms with Crippen LogP contribution in [0.4, 0.5) is 13.6 Å². The Hall–Kier alpha value is -4.15. The first-order chi connectivity index (χ1) is 27.3. The van der Waals surface area contributed by atoms with Gasteiger partial charge < -0.3 is 25.0 Å². The van der Waals surface area contributed by atoms with Gasteiger partial charge in [0, 0.05) is 18.4 Å². The predicted molar refractivity (Wildman–Crippen MR) is 202 cm³/mol. The van der Waals surface area contributed by atoms with E-state index in [1.165, 1.54) is 4.90 Å². The van der Waals surface area contributed by atoms with Crippen LogP contribution in [0.25, 0.3) is 11.0 Å². The van der Waals surface area contributed by atoms with Gasteiger partial charge in [-0.15, -0.1) is 0 Å². The molecule has 14 nitrogen and oxygen atoms in total. The lowest BCUT2D eigenvalue weighted by atomic mass is 9.66. The maximum absolute atomic E-state index is 16.4. The third-order valence-electron chi connectivity index (χ3n) is 13.1. The molecule has 5 atom stereocenters. The van der Waals surface area contributed by atoms with Gasteiger partial charge in [0.15, 0.2) is 5.69 Å². The Kier molecular flexibility index (Phi) is 10.8. The number of ether oxygens (including phenoxy) is 2. The molecule has 1 aromatic heterocycles. The van der Waals surface area contributed by atoms with Crippen LogP contribution in [0.1, 0.15) is 115 Å². The van der Waals surface area contributed by atoms with Crippen LogP contribution in [0.2, 0.25) is 0 Å². The number of rotatable bonds is 3. The van der Waals surface area contributed by atoms with Crippen LogP contribution in [0.15, 0.2) is 24.3 Å². The number of fused-ring (bicyclic) bond motifs is 7. The van der Waals surface area contributed by atoms with Crippen molar-refractivity contribution in [3.05, 3.63) is 30.0 Å². The van der Waals surface area contributed by atoms with Crippen molar-refractivity contribution in [1.82, 2.24) is 30.2 Å². The fourth-order valence-electron chi connectivity index (χ4n) is 9.19. The number of hydrogen-bond donors (Lipinski definition) is 3. The normalized spacial score (nSPS) is 31.1. The Morgan fingerprint density at radius 2 is 1.54 bits per heavy atom. The van der Waals surface area contributed by atoms with Gasteiger partial charge in [-0.3, -0.25) is 19.1 Å². The molecule has 0 radical (unpaired) electrons. The van der Waals surface area contributed by atoms with Crippen molar-refractivity contribution < 1.29 is 45.9 Å². The zero-order valence-electron chi connectivity index (χ0n) is 32.1. The molecular weight excluding hydrogens is 763 g/mol. The molecule has 1 unspecified atom stereocenters. The Morgan fingerprint density at radius 3 is 2.26 bits per heavy atom. The average Bonchev–Trinajstić information content (AvgIpc) is 4.09. The van der Waals surface area contributed by atoms with Crippen LogP contribution < -0.4 is 20.1 Å². The van der Waals surface area contributed by atoms with Crippen molar-refractivity contribution in [3.63, 3.8) is 0 Å². The smallest absolute Gasteiger partial charge is 0.407 e. The van der Waals surface area contributed by atoms with E-state index >= 15 is 8.78 Å². The third-order valence-corrected chi connectivity index (χ3v) is 14.9. The Morgan fingerprint density at radius 1 is 0.860 bits per heavy atom. The third kappa shape index (κ3) is 8.40. The molecule has 2 aromatic rings. The van der Waals surface area contributed by atoms with Crippen molar-refractivity contribution in [2.45, 2.75) is 138 Å². The molecule has 1 spiro atoms. The first-order valence-electron chi connectivity index (χ1n) is 20.7. The fraction of sp³-hybridized carbons (Fsp3) is 0.700. The Bertz CT molecular complexity index is 2010. The minimum absolute atomic E-state index is 0.122. The van der Waals surface area contributed by atoms with Gasteiger partial charge in [0.25, 0.3) is 11.8 Å². The van der Waals surface area contributed by atoms with Gasteiger partial charge in [-0.25, -0.2) is 23.2 Å². The number of aromatic nitrogens is 2. The summed E-state index contributed by atoms with van der Waals surface area (Å²) >= 11 is 0. The number of carbonyl (C=O) groups is 4. The number of alkyl carbamates (subject to hydrolysis) is 1. The highest BCUT2D eigenvalue weighted by molar-refractivity contribution is 7.91. The molecule has 5 fully saturated rings. The topological polar surface area (TPSA) is 186 Å². The molecule has 6 aliphatic rings. The number of para-hydroxylation sites is 2. The summed E-state index contributed by atoms with van der Waals surface area (Å²) < 4.78 is 72.8. The largest absolute Gasteiger partial charge is 0.470 e. The highest BCUT2D eigenvalue weighted by atomic mass is 32.2. The maximum Gasteiger partial charge on any atom is 0.407 e. The fourth-order valence-corrected chi connectivity index (χ4v) is 10.6. The number of amides is 4. The molecule has 1 aromatic carbocycles. The molecule has 17 heteroatoms. The van der Waals surface area contributed by atoms with Gasteiger partial charge in [0.1, 0.15) is 17.7 Å². The first kappa shape index (κ1) is 39.7. The molecule has 4 bridgehead atoms. The van der Waals surface area contributed by atoms with E-state index in [0.717, 1.165) is 44.9 Å². The number of carbonyl (C=O) groups excluding carboxylic acids is 4. The number of benzene rings is 1. The van der Waals surface area contributed by atoms with Gasteiger partial charge in [0.05, 0.1) is 35.4 Å². The molecule has 310 valence electrons. The highest BCUT2D eigenvalue weighted by Crippen LogP contribution is 2.49. The van der Waals surface area contributed by atoms with Crippen molar-refractivity contribution in [2.24, 2.45) is 17.3 Å². The monoisotopic (exact) mass is 814 g/mol. The second-order valence-corrected chi connectivity index (χ2v) is 19.3. The van der Waals surface area contributed by atoms with Crippen LogP contribution in [0.5, 0.6) is 5.88 Å². The van der Waals surface area contributed by atoms with Gasteiger partial charge in [-0.2, -0.15) is 8.78 Å². The Balaban J connectivity index is 1.16. The quantitative estimate of drug-likeness (QED) is 0.381. The summed E-state index contributed by atoms with van der Waals surface area (Å²) in [7, 11) is -3.93. The summed E-state index contributed by atoms with van der Waals surface area (Å²) in [5.74, 6) is -7.40. The standard InChI is InChI=1S/C40H52F2N6O8S/c41-40(42)20-9-8-17-38(18-10-19-38)24-55-37(52)45-30-14-5-3-1-2-4-11-25-21-39(25,36(51)47-57(53,54)26-15-16-26)46-33(49)27-22-48(35(30)50)23-31(27)56-34-32(40)43-28-12-6-7-13-29(28)44-34/h6-7,12-13,25-27,30-31H,1-5,8-11,14-24H2,(H,45,52)(H,46,49)(H,47,51)/t25-,27?,30+,31+,39-/m1/s1. The molecule has 3 saturated carbocycles. The van der Waals surface area contributed by atoms with Gasteiger partial charge >= 0.3 is 6.09 Å². The molecular formula is C40H52F2N6O8S. The molecule has 2 saturated heterocycles. The summed E-state index contributed by atoms with van der Waals surface area (Å²) in [5.41, 5.74) is -1.93. The van der Waals surface area contributed by atoms with Gasteiger partial charge in [-0.1, -0.05) is 57.1 Å². The minimum Gasteiger partial charge on any atom is -0.470 e. The number of alkyl halides is 2. The molecule has 4 heterocycles. The lowest BCUT2D eigenvalue weighted by Crippen LogP contribution is -2.55. The second kappa shape index (κ2) is 15.6. The van der Waals surface area contributed by atoms with E-state index in [1.807, 2.05) is 0 Å². The highest BCUT2D eigenvalue weighted by Gasteiger charge is 2.62. The molecule has 3 aliphatic carbocycles. The van der Waals surface area contributed by atoms with Crippen LogP contribution >= 0.6 is 0 Å². The van der Waals surface area contributed by atoms with Crippen molar-refractivity contribution in [3.8, 4) is 5.88 Å². The van der Waals surface area contributed by atoms with Crippen LogP contribution in [-0.4, -0.2) is 89.7 Å². The number of nitrogens with one attached hydrogen (secondary N) is 3. The molecule has 57 heavy (non-hydrogen) atoms. The van der Waals surface area contributed by atoms with Crippen LogP contribution in [0, 0.1) is 17.3 Å². The maximum atomic E-state index is 16.4.